The zero-order valence-electron chi connectivity index (χ0n) is 10.5. The first-order chi connectivity index (χ1) is 8.22. The van der Waals surface area contributed by atoms with Crippen LogP contribution in [0.1, 0.15) is 17.5 Å². The summed E-state index contributed by atoms with van der Waals surface area (Å²) < 4.78 is 1.95. The first-order valence-corrected chi connectivity index (χ1v) is 6.00. The second-order valence-corrected chi connectivity index (χ2v) is 4.40. The summed E-state index contributed by atoms with van der Waals surface area (Å²) in [5.74, 6) is 0. The Morgan fingerprint density at radius 1 is 1.35 bits per heavy atom. The highest BCUT2D eigenvalue weighted by Crippen LogP contribution is 2.24. The van der Waals surface area contributed by atoms with Crippen molar-refractivity contribution in [3.63, 3.8) is 0 Å². The van der Waals surface area contributed by atoms with Crippen LogP contribution in [0.4, 0.5) is 0 Å². The van der Waals surface area contributed by atoms with Crippen LogP contribution < -0.4 is 5.73 Å². The van der Waals surface area contributed by atoms with E-state index in [9.17, 15) is 0 Å². The topological polar surface area (TPSA) is 43.8 Å². The first kappa shape index (κ1) is 11.9. The normalized spacial score (nSPS) is 10.8. The molecule has 0 atom stereocenters. The number of aromatic nitrogens is 2. The van der Waals surface area contributed by atoms with E-state index in [2.05, 4.69) is 36.3 Å². The molecule has 0 aliphatic carbocycles. The van der Waals surface area contributed by atoms with Gasteiger partial charge < -0.3 is 5.73 Å². The molecule has 0 radical (unpaired) electrons. The summed E-state index contributed by atoms with van der Waals surface area (Å²) in [5.41, 5.74) is 10.6. The quantitative estimate of drug-likeness (QED) is 0.874. The van der Waals surface area contributed by atoms with Gasteiger partial charge in [-0.25, -0.2) is 0 Å². The number of aryl methyl sites for hydroxylation is 3. The van der Waals surface area contributed by atoms with Crippen molar-refractivity contribution >= 4 is 0 Å². The summed E-state index contributed by atoms with van der Waals surface area (Å²) in [7, 11) is 1.99. The van der Waals surface area contributed by atoms with Crippen LogP contribution in [0.3, 0.4) is 0 Å². The summed E-state index contributed by atoms with van der Waals surface area (Å²) in [5, 5.41) is 4.35. The summed E-state index contributed by atoms with van der Waals surface area (Å²) in [6.07, 6.45) is 3.95. The molecule has 0 spiro atoms. The zero-order chi connectivity index (χ0) is 12.3. The molecule has 17 heavy (non-hydrogen) atoms. The number of nitrogens with two attached hydrogens (primary N) is 1. The van der Waals surface area contributed by atoms with Crippen LogP contribution in [0.25, 0.3) is 11.3 Å². The Balaban J connectivity index is 2.39. The zero-order valence-corrected chi connectivity index (χ0v) is 10.5. The van der Waals surface area contributed by atoms with Crippen LogP contribution in [0.2, 0.25) is 0 Å². The Kier molecular flexibility index (Phi) is 3.59. The molecule has 0 fully saturated rings. The average Bonchev–Trinajstić information content (AvgIpc) is 2.68. The third-order valence-electron chi connectivity index (χ3n) is 2.96. The van der Waals surface area contributed by atoms with Crippen molar-refractivity contribution < 1.29 is 0 Å². The molecule has 3 heteroatoms. The second-order valence-electron chi connectivity index (χ2n) is 4.40. The van der Waals surface area contributed by atoms with Gasteiger partial charge in [0.15, 0.2) is 0 Å². The Bertz CT molecular complexity index is 500. The van der Waals surface area contributed by atoms with Crippen molar-refractivity contribution in [1.29, 1.82) is 0 Å². The standard InChI is InChI=1S/C14H19N3/c1-11-5-3-6-12(9-11)14-13(7-4-8-15)10-16-17(14)2/h3,5-6,9-10H,4,7-8,15H2,1-2H3. The molecule has 2 aromatic rings. The molecule has 2 rings (SSSR count). The van der Waals surface area contributed by atoms with Gasteiger partial charge in [-0.05, 0) is 37.9 Å². The number of hydrogen-bond donors (Lipinski definition) is 1. The smallest absolute Gasteiger partial charge is 0.0710 e. The number of rotatable bonds is 4. The van der Waals surface area contributed by atoms with Gasteiger partial charge in [0.05, 0.1) is 11.9 Å². The highest BCUT2D eigenvalue weighted by atomic mass is 15.3. The summed E-state index contributed by atoms with van der Waals surface area (Å²) >= 11 is 0. The fourth-order valence-corrected chi connectivity index (χ4v) is 2.12. The minimum Gasteiger partial charge on any atom is -0.330 e. The monoisotopic (exact) mass is 229 g/mol. The fraction of sp³-hybridized carbons (Fsp3) is 0.357. The van der Waals surface area contributed by atoms with Crippen molar-refractivity contribution in [1.82, 2.24) is 9.78 Å². The lowest BCUT2D eigenvalue weighted by molar-refractivity contribution is 0.774. The predicted octanol–water partition coefficient (Wildman–Crippen LogP) is 2.29. The average molecular weight is 229 g/mol. The van der Waals surface area contributed by atoms with Crippen LogP contribution in [-0.4, -0.2) is 16.3 Å². The van der Waals surface area contributed by atoms with Crippen LogP contribution in [0, 0.1) is 6.92 Å². The summed E-state index contributed by atoms with van der Waals surface area (Å²) in [4.78, 5) is 0. The van der Waals surface area contributed by atoms with E-state index in [1.807, 2.05) is 17.9 Å². The maximum atomic E-state index is 5.57. The van der Waals surface area contributed by atoms with Gasteiger partial charge in [0.2, 0.25) is 0 Å². The predicted molar refractivity (Wildman–Crippen MR) is 70.8 cm³/mol. The fourth-order valence-electron chi connectivity index (χ4n) is 2.12. The van der Waals surface area contributed by atoms with Gasteiger partial charge in [0.1, 0.15) is 0 Å². The largest absolute Gasteiger partial charge is 0.330 e. The number of hydrogen-bond acceptors (Lipinski definition) is 2. The first-order valence-electron chi connectivity index (χ1n) is 6.00. The van der Waals surface area contributed by atoms with Gasteiger partial charge in [-0.2, -0.15) is 5.10 Å². The van der Waals surface area contributed by atoms with Crippen molar-refractivity contribution in [2.24, 2.45) is 12.8 Å². The maximum absolute atomic E-state index is 5.57. The van der Waals surface area contributed by atoms with Crippen molar-refractivity contribution in [2.75, 3.05) is 6.54 Å². The lowest BCUT2D eigenvalue weighted by Gasteiger charge is -2.07. The molecule has 0 aliphatic heterocycles. The highest BCUT2D eigenvalue weighted by Gasteiger charge is 2.10. The molecule has 90 valence electrons. The summed E-state index contributed by atoms with van der Waals surface area (Å²) in [6, 6.07) is 8.53. The van der Waals surface area contributed by atoms with Gasteiger partial charge in [-0.1, -0.05) is 23.8 Å². The van der Waals surface area contributed by atoms with Crippen LogP contribution in [0.5, 0.6) is 0 Å². The molecule has 0 aliphatic rings. The molecule has 1 heterocycles. The van der Waals surface area contributed by atoms with Crippen molar-refractivity contribution in [3.05, 3.63) is 41.6 Å². The van der Waals surface area contributed by atoms with Crippen LogP contribution in [-0.2, 0) is 13.5 Å². The SMILES string of the molecule is Cc1cccc(-c2c(CCCN)cnn2C)c1. The Morgan fingerprint density at radius 3 is 2.88 bits per heavy atom. The third kappa shape index (κ3) is 2.56. The molecule has 0 bridgehead atoms. The van der Waals surface area contributed by atoms with Gasteiger partial charge in [0, 0.05) is 12.6 Å². The molecule has 2 N–H and O–H groups in total. The third-order valence-corrected chi connectivity index (χ3v) is 2.96. The van der Waals surface area contributed by atoms with E-state index in [0.29, 0.717) is 0 Å². The number of nitrogens with zero attached hydrogens (tertiary/aromatic N) is 2. The molecular formula is C14H19N3. The van der Waals surface area contributed by atoms with Gasteiger partial charge in [-0.3, -0.25) is 4.68 Å². The van der Waals surface area contributed by atoms with E-state index in [-0.39, 0.29) is 0 Å². The van der Waals surface area contributed by atoms with Crippen LogP contribution in [0.15, 0.2) is 30.5 Å². The van der Waals surface area contributed by atoms with E-state index < -0.39 is 0 Å². The highest BCUT2D eigenvalue weighted by molar-refractivity contribution is 5.64. The maximum Gasteiger partial charge on any atom is 0.0710 e. The molecule has 0 saturated heterocycles. The van der Waals surface area contributed by atoms with Crippen LogP contribution >= 0.6 is 0 Å². The van der Waals surface area contributed by atoms with Gasteiger partial charge in [0.25, 0.3) is 0 Å². The van der Waals surface area contributed by atoms with E-state index in [1.165, 1.54) is 22.4 Å². The lowest BCUT2D eigenvalue weighted by atomic mass is 10.0. The lowest BCUT2D eigenvalue weighted by Crippen LogP contribution is -2.01. The van der Waals surface area contributed by atoms with Gasteiger partial charge in [-0.15, -0.1) is 0 Å². The van der Waals surface area contributed by atoms with Gasteiger partial charge >= 0.3 is 0 Å². The molecule has 3 nitrogen and oxygen atoms in total. The van der Waals surface area contributed by atoms with E-state index in [1.54, 1.807) is 0 Å². The molecule has 1 aromatic carbocycles. The second kappa shape index (κ2) is 5.15. The minimum atomic E-state index is 0.724. The van der Waals surface area contributed by atoms with E-state index in [0.717, 1.165) is 19.4 Å². The molecular weight excluding hydrogens is 210 g/mol. The van der Waals surface area contributed by atoms with E-state index >= 15 is 0 Å². The van der Waals surface area contributed by atoms with Crippen molar-refractivity contribution in [2.45, 2.75) is 19.8 Å². The Hall–Kier alpha value is -1.61. The Labute approximate surface area is 102 Å². The van der Waals surface area contributed by atoms with E-state index in [4.69, 9.17) is 5.73 Å². The molecule has 0 amide bonds. The number of benzene rings is 1. The minimum absolute atomic E-state index is 0.724. The molecule has 0 unspecified atom stereocenters. The summed E-state index contributed by atoms with van der Waals surface area (Å²) in [6.45, 7) is 2.83. The molecule has 1 aromatic heterocycles. The molecule has 0 saturated carbocycles. The Morgan fingerprint density at radius 2 is 2.18 bits per heavy atom. The van der Waals surface area contributed by atoms with Crippen molar-refractivity contribution in [3.8, 4) is 11.3 Å².